The summed E-state index contributed by atoms with van der Waals surface area (Å²) in [5, 5.41) is 5.82. The lowest BCUT2D eigenvalue weighted by Gasteiger charge is -2.34. The number of benzene rings is 3. The minimum Gasteiger partial charge on any atom is -0.487 e. The molecule has 1 fully saturated rings. The number of likely N-dealkylation sites (N-methyl/N-ethyl adjacent to an activating group) is 1. The summed E-state index contributed by atoms with van der Waals surface area (Å²) < 4.78 is 20.4. The molecule has 7 nitrogen and oxygen atoms in total. The first-order chi connectivity index (χ1) is 20.5. The number of ether oxygens (including phenoxy) is 1. The Morgan fingerprint density at radius 2 is 1.90 bits per heavy atom. The van der Waals surface area contributed by atoms with Gasteiger partial charge in [-0.1, -0.05) is 42.8 Å². The molecule has 1 N–H and O–H groups in total. The molecule has 0 atom stereocenters. The highest BCUT2D eigenvalue weighted by molar-refractivity contribution is 7.25. The van der Waals surface area contributed by atoms with Gasteiger partial charge in [0.2, 0.25) is 5.91 Å². The van der Waals surface area contributed by atoms with E-state index in [4.69, 9.17) is 16.3 Å². The van der Waals surface area contributed by atoms with Crippen LogP contribution in [0.3, 0.4) is 0 Å². The lowest BCUT2D eigenvalue weighted by atomic mass is 10.1. The van der Waals surface area contributed by atoms with Gasteiger partial charge in [-0.05, 0) is 60.5 Å². The Labute approximate surface area is 252 Å². The van der Waals surface area contributed by atoms with Crippen molar-refractivity contribution in [3.8, 4) is 5.75 Å². The topological polar surface area (TPSA) is 70.6 Å². The number of nitrogens with zero attached hydrogens (tertiary/aromatic N) is 4. The zero-order chi connectivity index (χ0) is 29.1. The number of hydrogen-bond acceptors (Lipinski definition) is 7. The number of amides is 1. The SMILES string of the molecule is CCN1CCN(C(=O)CCc2ccc3c(c2)sc2ncnc(Nc4ccc(OCc5cccc(F)c5)c(Cl)c4)c23)CC1. The van der Waals surface area contributed by atoms with E-state index < -0.39 is 0 Å². The molecule has 3 heterocycles. The molecule has 0 unspecified atom stereocenters. The van der Waals surface area contributed by atoms with Crippen LogP contribution in [0.4, 0.5) is 15.9 Å². The Balaban J connectivity index is 1.14. The van der Waals surface area contributed by atoms with Crippen molar-refractivity contribution >= 4 is 60.7 Å². The molecule has 0 spiro atoms. The number of carbonyl (C=O) groups is 1. The molecule has 10 heteroatoms. The summed E-state index contributed by atoms with van der Waals surface area (Å²) >= 11 is 8.13. The van der Waals surface area contributed by atoms with E-state index >= 15 is 0 Å². The van der Waals surface area contributed by atoms with Gasteiger partial charge in [-0.15, -0.1) is 11.3 Å². The zero-order valence-electron chi connectivity index (χ0n) is 23.3. The van der Waals surface area contributed by atoms with E-state index in [-0.39, 0.29) is 18.3 Å². The Bertz CT molecular complexity index is 1740. The molecular weight excluding hydrogens is 573 g/mol. The average Bonchev–Trinajstić information content (AvgIpc) is 3.38. The summed E-state index contributed by atoms with van der Waals surface area (Å²) in [5.41, 5.74) is 2.62. The monoisotopic (exact) mass is 603 g/mol. The second-order valence-corrected chi connectivity index (χ2v) is 11.8. The highest BCUT2D eigenvalue weighted by Crippen LogP contribution is 2.38. The summed E-state index contributed by atoms with van der Waals surface area (Å²) in [6.45, 7) is 6.94. The van der Waals surface area contributed by atoms with Gasteiger partial charge in [0, 0.05) is 48.4 Å². The van der Waals surface area contributed by atoms with Gasteiger partial charge >= 0.3 is 0 Å². The quantitative estimate of drug-likeness (QED) is 0.195. The first-order valence-corrected chi connectivity index (χ1v) is 15.3. The van der Waals surface area contributed by atoms with Gasteiger partial charge in [0.05, 0.1) is 10.4 Å². The van der Waals surface area contributed by atoms with E-state index in [0.29, 0.717) is 29.4 Å². The fourth-order valence-corrected chi connectivity index (χ4v) is 6.59. The molecule has 1 aliphatic rings. The normalized spacial score (nSPS) is 14.0. The summed E-state index contributed by atoms with van der Waals surface area (Å²) in [6, 6.07) is 18.1. The minimum atomic E-state index is -0.304. The number of fused-ring (bicyclic) bond motifs is 3. The fourth-order valence-electron chi connectivity index (χ4n) is 5.24. The molecule has 0 bridgehead atoms. The van der Waals surface area contributed by atoms with E-state index in [0.717, 1.165) is 69.8 Å². The van der Waals surface area contributed by atoms with Crippen LogP contribution in [0.15, 0.2) is 67.0 Å². The number of aryl methyl sites for hydroxylation is 1. The lowest BCUT2D eigenvalue weighted by molar-refractivity contribution is -0.132. The van der Waals surface area contributed by atoms with Crippen molar-refractivity contribution in [1.82, 2.24) is 19.8 Å². The standard InChI is InChI=1S/C32H31ClFN5O2S/c1-2-38-12-14-39(15-13-38)29(40)11-7-21-6-9-25-28(17-21)42-32-30(25)31(35-20-36-32)37-24-8-10-27(26(33)18-24)41-19-22-4-3-5-23(34)16-22/h3-6,8-10,16-18,20H,2,7,11-15,19H2,1H3,(H,35,36,37). The van der Waals surface area contributed by atoms with E-state index in [1.54, 1.807) is 41.9 Å². The van der Waals surface area contributed by atoms with Crippen LogP contribution in [0.25, 0.3) is 20.3 Å². The van der Waals surface area contributed by atoms with Crippen LogP contribution in [0.1, 0.15) is 24.5 Å². The molecule has 5 aromatic rings. The van der Waals surface area contributed by atoms with Crippen LogP contribution in [0, 0.1) is 5.82 Å². The molecule has 2 aromatic heterocycles. The zero-order valence-corrected chi connectivity index (χ0v) is 24.8. The summed E-state index contributed by atoms with van der Waals surface area (Å²) in [4.78, 5) is 27.1. The maximum Gasteiger partial charge on any atom is 0.222 e. The first-order valence-electron chi connectivity index (χ1n) is 14.1. The van der Waals surface area contributed by atoms with Gasteiger partial charge in [-0.3, -0.25) is 4.79 Å². The predicted octanol–water partition coefficient (Wildman–Crippen LogP) is 7.06. The predicted molar refractivity (Wildman–Crippen MR) is 167 cm³/mol. The number of piperazine rings is 1. The minimum absolute atomic E-state index is 0.212. The van der Waals surface area contributed by atoms with E-state index in [1.165, 1.54) is 12.1 Å². The molecule has 1 amide bonds. The van der Waals surface area contributed by atoms with Crippen LogP contribution >= 0.6 is 22.9 Å². The number of carbonyl (C=O) groups excluding carboxylic acids is 1. The van der Waals surface area contributed by atoms with Gasteiger partial charge < -0.3 is 19.9 Å². The summed E-state index contributed by atoms with van der Waals surface area (Å²) in [5.74, 6) is 1.12. The Hall–Kier alpha value is -3.79. The van der Waals surface area contributed by atoms with Crippen molar-refractivity contribution in [2.45, 2.75) is 26.4 Å². The van der Waals surface area contributed by atoms with Gasteiger partial charge in [-0.25, -0.2) is 14.4 Å². The van der Waals surface area contributed by atoms with Crippen LogP contribution in [-0.4, -0.2) is 58.4 Å². The number of nitrogens with one attached hydrogen (secondary N) is 1. The van der Waals surface area contributed by atoms with Gasteiger partial charge in [0.15, 0.2) is 0 Å². The van der Waals surface area contributed by atoms with Crippen molar-refractivity contribution in [3.63, 3.8) is 0 Å². The highest BCUT2D eigenvalue weighted by Gasteiger charge is 2.20. The maximum absolute atomic E-state index is 13.5. The van der Waals surface area contributed by atoms with Gasteiger partial charge in [-0.2, -0.15) is 0 Å². The third-order valence-electron chi connectivity index (χ3n) is 7.61. The highest BCUT2D eigenvalue weighted by atomic mass is 35.5. The van der Waals surface area contributed by atoms with Crippen LogP contribution in [0.5, 0.6) is 5.75 Å². The number of rotatable bonds is 9. The van der Waals surface area contributed by atoms with Crippen LogP contribution < -0.4 is 10.1 Å². The molecule has 1 saturated heterocycles. The first kappa shape index (κ1) is 28.3. The van der Waals surface area contributed by atoms with Crippen LogP contribution in [0.2, 0.25) is 5.02 Å². The molecule has 6 rings (SSSR count). The summed E-state index contributed by atoms with van der Waals surface area (Å²) in [7, 11) is 0. The smallest absolute Gasteiger partial charge is 0.222 e. The number of aromatic nitrogens is 2. The second-order valence-electron chi connectivity index (χ2n) is 10.3. The molecule has 3 aromatic carbocycles. The van der Waals surface area contributed by atoms with Crippen molar-refractivity contribution in [2.75, 3.05) is 38.0 Å². The van der Waals surface area contributed by atoms with E-state index in [9.17, 15) is 9.18 Å². The fraction of sp³-hybridized carbons (Fsp3) is 0.281. The molecular formula is C32H31ClFN5O2S. The maximum atomic E-state index is 13.5. The van der Waals surface area contributed by atoms with Crippen molar-refractivity contribution in [2.24, 2.45) is 0 Å². The molecule has 0 radical (unpaired) electrons. The Morgan fingerprint density at radius 1 is 1.05 bits per heavy atom. The Kier molecular flexibility index (Phi) is 8.51. The summed E-state index contributed by atoms with van der Waals surface area (Å²) in [6.07, 6.45) is 2.77. The molecule has 1 aliphatic heterocycles. The van der Waals surface area contributed by atoms with Gasteiger partial charge in [0.25, 0.3) is 0 Å². The largest absolute Gasteiger partial charge is 0.487 e. The molecule has 42 heavy (non-hydrogen) atoms. The van der Waals surface area contributed by atoms with Gasteiger partial charge in [0.1, 0.15) is 35.1 Å². The number of thiophene rings is 1. The van der Waals surface area contributed by atoms with Crippen LogP contribution in [-0.2, 0) is 17.8 Å². The number of halogens is 2. The van der Waals surface area contributed by atoms with E-state index in [2.05, 4.69) is 45.3 Å². The third kappa shape index (κ3) is 6.33. The average molecular weight is 604 g/mol. The second kappa shape index (κ2) is 12.6. The lowest BCUT2D eigenvalue weighted by Crippen LogP contribution is -2.48. The molecule has 0 aliphatic carbocycles. The molecule has 0 saturated carbocycles. The number of hydrogen-bond donors (Lipinski definition) is 1. The van der Waals surface area contributed by atoms with Crippen molar-refractivity contribution in [1.29, 1.82) is 0 Å². The third-order valence-corrected chi connectivity index (χ3v) is 8.97. The molecule has 216 valence electrons. The Morgan fingerprint density at radius 3 is 2.69 bits per heavy atom. The number of anilines is 2. The van der Waals surface area contributed by atoms with E-state index in [1.807, 2.05) is 11.0 Å². The van der Waals surface area contributed by atoms with Crippen molar-refractivity contribution < 1.29 is 13.9 Å². The van der Waals surface area contributed by atoms with Crippen molar-refractivity contribution in [3.05, 3.63) is 89.0 Å².